The number of hydrogen-bond acceptors (Lipinski definition) is 3. The van der Waals surface area contributed by atoms with E-state index in [1.165, 1.54) is 22.3 Å². The third-order valence-corrected chi connectivity index (χ3v) is 6.50. The quantitative estimate of drug-likeness (QED) is 0.667. The fourth-order valence-electron chi connectivity index (χ4n) is 4.98. The molecule has 1 aromatic heterocycles. The summed E-state index contributed by atoms with van der Waals surface area (Å²) in [7, 11) is 0. The van der Waals surface area contributed by atoms with Gasteiger partial charge in [-0.1, -0.05) is 72.7 Å². The van der Waals surface area contributed by atoms with E-state index in [4.69, 9.17) is 9.72 Å². The largest absolute Gasteiger partial charge is 0.388 e. The average Bonchev–Trinajstić information content (AvgIpc) is 3.03. The number of fused-ring (bicyclic) bond motifs is 3. The van der Waals surface area contributed by atoms with Crippen LogP contribution in [0.5, 0.6) is 0 Å². The zero-order valence-electron chi connectivity index (χ0n) is 19.0. The number of aliphatic hydroxyl groups excluding tert-OH is 1. The van der Waals surface area contributed by atoms with Crippen LogP contribution in [0.15, 0.2) is 24.3 Å². The molecule has 0 fully saturated rings. The van der Waals surface area contributed by atoms with Gasteiger partial charge in [-0.3, -0.25) is 4.98 Å². The lowest BCUT2D eigenvalue weighted by Crippen LogP contribution is -2.28. The highest BCUT2D eigenvalue weighted by molar-refractivity contribution is 5.50. The maximum atomic E-state index is 11.0. The molecule has 2 heterocycles. The van der Waals surface area contributed by atoms with Crippen molar-refractivity contribution in [2.45, 2.75) is 91.5 Å². The van der Waals surface area contributed by atoms with Gasteiger partial charge in [0.15, 0.2) is 0 Å². The number of hydrogen-bond donors (Lipinski definition) is 1. The second kappa shape index (κ2) is 6.92. The Balaban J connectivity index is 1.83. The topological polar surface area (TPSA) is 42.4 Å². The summed E-state index contributed by atoms with van der Waals surface area (Å²) in [6.07, 6.45) is 1.13. The summed E-state index contributed by atoms with van der Waals surface area (Å²) in [6.45, 7) is 16.1. The smallest absolute Gasteiger partial charge is 0.110 e. The van der Waals surface area contributed by atoms with E-state index in [0.29, 0.717) is 12.5 Å². The zero-order chi connectivity index (χ0) is 21.1. The Morgan fingerprint density at radius 3 is 2.34 bits per heavy atom. The second-order valence-corrected chi connectivity index (χ2v) is 11.0. The van der Waals surface area contributed by atoms with E-state index in [0.717, 1.165) is 29.8 Å². The van der Waals surface area contributed by atoms with Gasteiger partial charge >= 0.3 is 0 Å². The molecule has 0 saturated carbocycles. The van der Waals surface area contributed by atoms with Crippen molar-refractivity contribution < 1.29 is 9.84 Å². The van der Waals surface area contributed by atoms with Gasteiger partial charge in [-0.25, -0.2) is 0 Å². The molecule has 156 valence electrons. The minimum Gasteiger partial charge on any atom is -0.388 e. The number of benzene rings is 1. The van der Waals surface area contributed by atoms with Crippen LogP contribution in [-0.2, 0) is 23.2 Å². The summed E-state index contributed by atoms with van der Waals surface area (Å²) >= 11 is 0. The first-order chi connectivity index (χ1) is 13.5. The molecule has 1 aliphatic carbocycles. The Labute approximate surface area is 175 Å². The third-order valence-electron chi connectivity index (χ3n) is 6.50. The molecule has 3 nitrogen and oxygen atoms in total. The van der Waals surface area contributed by atoms with Gasteiger partial charge in [0, 0.05) is 22.5 Å². The zero-order valence-corrected chi connectivity index (χ0v) is 19.0. The Morgan fingerprint density at radius 1 is 1.10 bits per heavy atom. The van der Waals surface area contributed by atoms with E-state index in [9.17, 15) is 5.11 Å². The maximum absolute atomic E-state index is 11.0. The van der Waals surface area contributed by atoms with E-state index in [2.05, 4.69) is 72.7 Å². The van der Waals surface area contributed by atoms with Crippen LogP contribution in [0.25, 0.3) is 0 Å². The lowest BCUT2D eigenvalue weighted by atomic mass is 9.72. The van der Waals surface area contributed by atoms with Crippen LogP contribution in [-0.4, -0.2) is 10.1 Å². The van der Waals surface area contributed by atoms with Crippen molar-refractivity contribution in [2.75, 3.05) is 0 Å². The first-order valence-corrected chi connectivity index (χ1v) is 10.9. The molecule has 2 aromatic rings. The lowest BCUT2D eigenvalue weighted by molar-refractivity contribution is 0.0848. The van der Waals surface area contributed by atoms with Gasteiger partial charge in [0.05, 0.1) is 12.7 Å². The molecular formula is C26H35NO2. The predicted octanol–water partition coefficient (Wildman–Crippen LogP) is 6.13. The maximum Gasteiger partial charge on any atom is 0.110 e. The number of pyridine rings is 1. The molecule has 1 aliphatic heterocycles. The Kier molecular flexibility index (Phi) is 4.91. The summed E-state index contributed by atoms with van der Waals surface area (Å²) in [4.78, 5) is 5.12. The van der Waals surface area contributed by atoms with Crippen molar-refractivity contribution in [1.29, 1.82) is 0 Å². The van der Waals surface area contributed by atoms with Crippen LogP contribution in [0, 0.1) is 5.41 Å². The first-order valence-electron chi connectivity index (χ1n) is 10.9. The Bertz CT molecular complexity index is 919. The molecule has 0 saturated heterocycles. The van der Waals surface area contributed by atoms with Crippen LogP contribution in [0.4, 0.5) is 0 Å². The molecule has 1 N–H and O–H groups in total. The number of aromatic nitrogens is 1. The van der Waals surface area contributed by atoms with Crippen LogP contribution in [0.3, 0.4) is 0 Å². The van der Waals surface area contributed by atoms with Crippen LogP contribution in [0.2, 0.25) is 0 Å². The fourth-order valence-corrected chi connectivity index (χ4v) is 4.98. The minimum absolute atomic E-state index is 0.0730. The highest BCUT2D eigenvalue weighted by Crippen LogP contribution is 2.48. The average molecular weight is 394 g/mol. The molecule has 0 spiro atoms. The highest BCUT2D eigenvalue weighted by Gasteiger charge is 2.40. The number of rotatable bonds is 2. The highest BCUT2D eigenvalue weighted by atomic mass is 16.5. The molecule has 2 unspecified atom stereocenters. The van der Waals surface area contributed by atoms with E-state index >= 15 is 0 Å². The SMILES string of the molecule is CC(C)c1nc2c(c3c1C(c1ccc(C(C)(C)C)cc1)OC3)C(O)CC(C)(C)C2. The number of ether oxygens (including phenoxy) is 1. The monoisotopic (exact) mass is 393 g/mol. The van der Waals surface area contributed by atoms with Gasteiger partial charge in [0.1, 0.15) is 6.10 Å². The van der Waals surface area contributed by atoms with Crippen molar-refractivity contribution in [2.24, 2.45) is 5.41 Å². The molecule has 0 bridgehead atoms. The normalized spacial score (nSPS) is 23.2. The molecule has 1 aromatic carbocycles. The van der Waals surface area contributed by atoms with Crippen molar-refractivity contribution >= 4 is 0 Å². The van der Waals surface area contributed by atoms with Gasteiger partial charge in [-0.15, -0.1) is 0 Å². The number of aliphatic hydroxyl groups is 1. The van der Waals surface area contributed by atoms with Gasteiger partial charge in [-0.05, 0) is 46.3 Å². The molecule has 4 rings (SSSR count). The Hall–Kier alpha value is -1.71. The van der Waals surface area contributed by atoms with E-state index in [1.54, 1.807) is 0 Å². The summed E-state index contributed by atoms with van der Waals surface area (Å²) in [5, 5.41) is 11.0. The van der Waals surface area contributed by atoms with Crippen LogP contribution < -0.4 is 0 Å². The van der Waals surface area contributed by atoms with E-state index in [-0.39, 0.29) is 16.9 Å². The van der Waals surface area contributed by atoms with Crippen LogP contribution in [0.1, 0.15) is 112 Å². The summed E-state index contributed by atoms with van der Waals surface area (Å²) in [6, 6.07) is 8.83. The first kappa shape index (κ1) is 20.6. The van der Waals surface area contributed by atoms with Gasteiger partial charge < -0.3 is 9.84 Å². The molecule has 0 radical (unpaired) electrons. The third kappa shape index (κ3) is 3.64. The van der Waals surface area contributed by atoms with E-state index in [1.807, 2.05) is 0 Å². The minimum atomic E-state index is -0.457. The van der Waals surface area contributed by atoms with E-state index < -0.39 is 6.10 Å². The summed E-state index contributed by atoms with van der Waals surface area (Å²) in [5.41, 5.74) is 8.33. The molecular weight excluding hydrogens is 358 g/mol. The van der Waals surface area contributed by atoms with Gasteiger partial charge in [-0.2, -0.15) is 0 Å². The molecule has 3 heteroatoms. The lowest BCUT2D eigenvalue weighted by Gasteiger charge is -2.36. The van der Waals surface area contributed by atoms with Crippen LogP contribution >= 0.6 is 0 Å². The fraction of sp³-hybridized carbons (Fsp3) is 0.577. The van der Waals surface area contributed by atoms with Crippen molar-refractivity contribution in [3.63, 3.8) is 0 Å². The molecule has 0 amide bonds. The predicted molar refractivity (Wildman–Crippen MR) is 117 cm³/mol. The number of nitrogens with zero attached hydrogens (tertiary/aromatic N) is 1. The molecule has 29 heavy (non-hydrogen) atoms. The standard InChI is InChI=1S/C26H35NO2/c1-15(2)23-22-18(21-19(27-23)12-26(6,7)13-20(21)28)14-29-24(22)16-8-10-17(11-9-16)25(3,4)5/h8-11,15,20,24,28H,12-14H2,1-7H3. The Morgan fingerprint density at radius 2 is 1.76 bits per heavy atom. The van der Waals surface area contributed by atoms with Gasteiger partial charge in [0.2, 0.25) is 0 Å². The van der Waals surface area contributed by atoms with Crippen molar-refractivity contribution in [1.82, 2.24) is 4.98 Å². The second-order valence-electron chi connectivity index (χ2n) is 11.0. The van der Waals surface area contributed by atoms with Gasteiger partial charge in [0.25, 0.3) is 0 Å². The summed E-state index contributed by atoms with van der Waals surface area (Å²) in [5.74, 6) is 0.314. The van der Waals surface area contributed by atoms with Crippen molar-refractivity contribution in [3.05, 3.63) is 63.5 Å². The molecule has 2 aliphatic rings. The molecule has 2 atom stereocenters. The van der Waals surface area contributed by atoms with Crippen molar-refractivity contribution in [3.8, 4) is 0 Å². The summed E-state index contributed by atoms with van der Waals surface area (Å²) < 4.78 is 6.34.